The third kappa shape index (κ3) is 3.87. The summed E-state index contributed by atoms with van der Waals surface area (Å²) >= 11 is 0. The second-order valence-corrected chi connectivity index (χ2v) is 4.93. The molecule has 1 unspecified atom stereocenters. The first-order valence-corrected chi connectivity index (χ1v) is 6.73. The lowest BCUT2D eigenvalue weighted by atomic mass is 10.0. The number of aromatic nitrogens is 2. The van der Waals surface area contributed by atoms with Gasteiger partial charge in [-0.15, -0.1) is 0 Å². The Bertz CT molecular complexity index is 566. The van der Waals surface area contributed by atoms with Crippen molar-refractivity contribution in [1.82, 2.24) is 15.1 Å². The maximum Gasteiger partial charge on any atom is 0.159 e. The van der Waals surface area contributed by atoms with Crippen LogP contribution in [0.1, 0.15) is 18.1 Å². The second-order valence-electron chi connectivity index (χ2n) is 4.93. The van der Waals surface area contributed by atoms with Crippen LogP contribution in [0.25, 0.3) is 0 Å². The van der Waals surface area contributed by atoms with Crippen LogP contribution in [0.4, 0.5) is 8.78 Å². The standard InChI is InChI=1S/C15H19F2N3/c1-3-18-13(7-12-9-19-20(2)10-12)6-11-4-5-14(16)15(17)8-11/h4-5,8-10,13,18H,3,6-7H2,1-2H3. The van der Waals surface area contributed by atoms with E-state index < -0.39 is 11.6 Å². The Morgan fingerprint density at radius 3 is 2.55 bits per heavy atom. The molecular weight excluding hydrogens is 260 g/mol. The molecule has 0 spiro atoms. The zero-order chi connectivity index (χ0) is 14.5. The van der Waals surface area contributed by atoms with Gasteiger partial charge < -0.3 is 5.32 Å². The highest BCUT2D eigenvalue weighted by Gasteiger charge is 2.12. The number of nitrogens with zero attached hydrogens (tertiary/aromatic N) is 2. The highest BCUT2D eigenvalue weighted by Crippen LogP contribution is 2.13. The molecule has 0 saturated carbocycles. The largest absolute Gasteiger partial charge is 0.314 e. The summed E-state index contributed by atoms with van der Waals surface area (Å²) in [4.78, 5) is 0. The van der Waals surface area contributed by atoms with Crippen LogP contribution in [-0.4, -0.2) is 22.4 Å². The van der Waals surface area contributed by atoms with Gasteiger partial charge in [0.15, 0.2) is 11.6 Å². The van der Waals surface area contributed by atoms with Crippen molar-refractivity contribution < 1.29 is 8.78 Å². The summed E-state index contributed by atoms with van der Waals surface area (Å²) in [5.41, 5.74) is 1.92. The van der Waals surface area contributed by atoms with Gasteiger partial charge in [-0.3, -0.25) is 4.68 Å². The molecule has 0 aliphatic heterocycles. The van der Waals surface area contributed by atoms with Gasteiger partial charge in [-0.25, -0.2) is 8.78 Å². The molecule has 1 aromatic carbocycles. The van der Waals surface area contributed by atoms with E-state index in [1.807, 2.05) is 26.4 Å². The number of halogens is 2. The lowest BCUT2D eigenvalue weighted by molar-refractivity contribution is 0.498. The number of likely N-dealkylation sites (N-methyl/N-ethyl adjacent to an activating group) is 1. The molecule has 3 nitrogen and oxygen atoms in total. The molecule has 0 fully saturated rings. The van der Waals surface area contributed by atoms with Crippen molar-refractivity contribution in [2.75, 3.05) is 6.54 Å². The first-order valence-electron chi connectivity index (χ1n) is 6.73. The van der Waals surface area contributed by atoms with Gasteiger partial charge >= 0.3 is 0 Å². The third-order valence-corrected chi connectivity index (χ3v) is 3.20. The molecule has 0 aliphatic carbocycles. The van der Waals surface area contributed by atoms with E-state index in [1.165, 1.54) is 12.1 Å². The molecule has 5 heteroatoms. The van der Waals surface area contributed by atoms with Gasteiger partial charge in [0.1, 0.15) is 0 Å². The molecule has 0 saturated heterocycles. The van der Waals surface area contributed by atoms with E-state index in [-0.39, 0.29) is 6.04 Å². The van der Waals surface area contributed by atoms with Crippen LogP contribution in [0.5, 0.6) is 0 Å². The average molecular weight is 279 g/mol. The topological polar surface area (TPSA) is 29.9 Å². The fourth-order valence-electron chi connectivity index (χ4n) is 2.32. The molecule has 2 rings (SSSR count). The van der Waals surface area contributed by atoms with E-state index in [0.29, 0.717) is 6.42 Å². The Kier molecular flexibility index (Phi) is 4.84. The number of nitrogens with one attached hydrogen (secondary N) is 1. The van der Waals surface area contributed by atoms with Gasteiger partial charge in [0.25, 0.3) is 0 Å². The van der Waals surface area contributed by atoms with E-state index in [1.54, 1.807) is 10.7 Å². The van der Waals surface area contributed by atoms with E-state index in [2.05, 4.69) is 10.4 Å². The molecular formula is C15H19F2N3. The van der Waals surface area contributed by atoms with Gasteiger partial charge in [0, 0.05) is 19.3 Å². The number of hydrogen-bond acceptors (Lipinski definition) is 2. The van der Waals surface area contributed by atoms with Crippen molar-refractivity contribution in [2.45, 2.75) is 25.8 Å². The van der Waals surface area contributed by atoms with Gasteiger partial charge in [-0.2, -0.15) is 5.10 Å². The van der Waals surface area contributed by atoms with Crippen LogP contribution < -0.4 is 5.32 Å². The van der Waals surface area contributed by atoms with Gasteiger partial charge in [-0.1, -0.05) is 13.0 Å². The summed E-state index contributed by atoms with van der Waals surface area (Å²) in [6.45, 7) is 2.86. The minimum absolute atomic E-state index is 0.175. The zero-order valence-electron chi connectivity index (χ0n) is 11.7. The molecule has 0 radical (unpaired) electrons. The van der Waals surface area contributed by atoms with Crippen LogP contribution in [0.3, 0.4) is 0 Å². The lowest BCUT2D eigenvalue weighted by Gasteiger charge is -2.17. The van der Waals surface area contributed by atoms with Crippen molar-refractivity contribution in [2.24, 2.45) is 7.05 Å². The minimum Gasteiger partial charge on any atom is -0.314 e. The number of hydrogen-bond donors (Lipinski definition) is 1. The van der Waals surface area contributed by atoms with E-state index >= 15 is 0 Å². The van der Waals surface area contributed by atoms with Crippen LogP contribution in [0, 0.1) is 11.6 Å². The van der Waals surface area contributed by atoms with Crippen LogP contribution in [0.2, 0.25) is 0 Å². The molecule has 1 N–H and O–H groups in total. The first-order chi connectivity index (χ1) is 9.58. The zero-order valence-corrected chi connectivity index (χ0v) is 11.7. The number of rotatable bonds is 6. The van der Waals surface area contributed by atoms with Crippen molar-refractivity contribution in [3.63, 3.8) is 0 Å². The molecule has 0 amide bonds. The molecule has 0 aliphatic rings. The summed E-state index contributed by atoms with van der Waals surface area (Å²) in [6.07, 6.45) is 5.26. The Morgan fingerprint density at radius 1 is 1.20 bits per heavy atom. The fourth-order valence-corrected chi connectivity index (χ4v) is 2.32. The molecule has 2 aromatic rings. The lowest BCUT2D eigenvalue weighted by Crippen LogP contribution is -2.33. The second kappa shape index (κ2) is 6.61. The number of benzene rings is 1. The number of aryl methyl sites for hydroxylation is 1. The van der Waals surface area contributed by atoms with Crippen LogP contribution in [0.15, 0.2) is 30.6 Å². The smallest absolute Gasteiger partial charge is 0.159 e. The van der Waals surface area contributed by atoms with Crippen molar-refractivity contribution in [1.29, 1.82) is 0 Å². The third-order valence-electron chi connectivity index (χ3n) is 3.20. The first kappa shape index (κ1) is 14.7. The SMILES string of the molecule is CCNC(Cc1ccc(F)c(F)c1)Cc1cnn(C)c1. The normalized spacial score (nSPS) is 12.6. The average Bonchev–Trinajstić information content (AvgIpc) is 2.80. The minimum atomic E-state index is -0.805. The van der Waals surface area contributed by atoms with Crippen molar-refractivity contribution >= 4 is 0 Å². The highest BCUT2D eigenvalue weighted by atomic mass is 19.2. The summed E-state index contributed by atoms with van der Waals surface area (Å²) < 4.78 is 27.9. The summed E-state index contributed by atoms with van der Waals surface area (Å²) in [6, 6.07) is 4.25. The maximum atomic E-state index is 13.2. The molecule has 1 atom stereocenters. The monoisotopic (exact) mass is 279 g/mol. The van der Waals surface area contributed by atoms with Crippen molar-refractivity contribution in [3.8, 4) is 0 Å². The predicted molar refractivity (Wildman–Crippen MR) is 74.4 cm³/mol. The molecule has 0 bridgehead atoms. The van der Waals surface area contributed by atoms with Crippen LogP contribution in [-0.2, 0) is 19.9 Å². The Morgan fingerprint density at radius 2 is 1.95 bits per heavy atom. The maximum absolute atomic E-state index is 13.2. The molecule has 20 heavy (non-hydrogen) atoms. The fraction of sp³-hybridized carbons (Fsp3) is 0.400. The van der Waals surface area contributed by atoms with Gasteiger partial charge in [0.05, 0.1) is 6.20 Å². The predicted octanol–water partition coefficient (Wildman–Crippen LogP) is 2.46. The quantitative estimate of drug-likeness (QED) is 0.880. The Labute approximate surface area is 117 Å². The van der Waals surface area contributed by atoms with E-state index in [4.69, 9.17) is 0 Å². The summed E-state index contributed by atoms with van der Waals surface area (Å²) in [5.74, 6) is -1.60. The highest BCUT2D eigenvalue weighted by molar-refractivity contribution is 5.19. The van der Waals surface area contributed by atoms with Gasteiger partial charge in [0.2, 0.25) is 0 Å². The molecule has 1 heterocycles. The van der Waals surface area contributed by atoms with E-state index in [0.717, 1.165) is 24.1 Å². The Hall–Kier alpha value is -1.75. The van der Waals surface area contributed by atoms with Gasteiger partial charge in [-0.05, 0) is 42.6 Å². The molecule has 108 valence electrons. The van der Waals surface area contributed by atoms with Crippen molar-refractivity contribution in [3.05, 3.63) is 53.4 Å². The Balaban J connectivity index is 2.06. The van der Waals surface area contributed by atoms with Crippen LogP contribution >= 0.6 is 0 Å². The summed E-state index contributed by atoms with van der Waals surface area (Å²) in [5, 5.41) is 7.51. The molecule has 1 aromatic heterocycles. The van der Waals surface area contributed by atoms with E-state index in [9.17, 15) is 8.78 Å². The summed E-state index contributed by atoms with van der Waals surface area (Å²) in [7, 11) is 1.88.